The maximum atomic E-state index is 13.2. The van der Waals surface area contributed by atoms with Gasteiger partial charge in [0.25, 0.3) is 11.7 Å². The Kier molecular flexibility index (Phi) is 7.00. The monoisotopic (exact) mass is 522 g/mol. The summed E-state index contributed by atoms with van der Waals surface area (Å²) in [6, 6.07) is 16.4. The molecule has 2 aromatic carbocycles. The fraction of sp³-hybridized carbons (Fsp3) is 0.269. The zero-order valence-electron chi connectivity index (χ0n) is 19.4. The van der Waals surface area contributed by atoms with Gasteiger partial charge in [0.1, 0.15) is 5.76 Å². The average Bonchev–Trinajstić information content (AvgIpc) is 3.32. The molecule has 1 saturated heterocycles. The third-order valence-corrected chi connectivity index (χ3v) is 6.47. The summed E-state index contributed by atoms with van der Waals surface area (Å²) in [5, 5.41) is 15.8. The van der Waals surface area contributed by atoms with Crippen molar-refractivity contribution >= 4 is 33.4 Å². The molecule has 1 aromatic heterocycles. The Bertz CT molecular complexity index is 1250. The van der Waals surface area contributed by atoms with Crippen LogP contribution in [0.2, 0.25) is 0 Å². The highest BCUT2D eigenvalue weighted by atomic mass is 79.9. The van der Waals surface area contributed by atoms with E-state index in [1.807, 2.05) is 80.5 Å². The Morgan fingerprint density at radius 2 is 1.85 bits per heavy atom. The zero-order valence-corrected chi connectivity index (χ0v) is 21.0. The maximum Gasteiger partial charge on any atom is 0.295 e. The number of hydrogen-bond donors (Lipinski definition) is 1. The smallest absolute Gasteiger partial charge is 0.295 e. The summed E-state index contributed by atoms with van der Waals surface area (Å²) >= 11 is 3.49. The molecule has 0 aliphatic carbocycles. The van der Waals surface area contributed by atoms with Gasteiger partial charge in [-0.05, 0) is 63.8 Å². The Balaban J connectivity index is 1.81. The number of likely N-dealkylation sites (tertiary alicyclic amines) is 1. The summed E-state index contributed by atoms with van der Waals surface area (Å²) in [7, 11) is 3.93. The number of Topliss-reactive ketones (excluding diaryl/α,β-unsaturated/α-hetero) is 1. The van der Waals surface area contributed by atoms with E-state index in [4.69, 9.17) is 0 Å². The molecule has 0 saturated carbocycles. The molecule has 8 heteroatoms. The quantitative estimate of drug-likeness (QED) is 0.284. The molecular weight excluding hydrogens is 496 g/mol. The molecule has 4 rings (SSSR count). The molecule has 1 atom stereocenters. The van der Waals surface area contributed by atoms with Crippen LogP contribution in [0.3, 0.4) is 0 Å². The summed E-state index contributed by atoms with van der Waals surface area (Å²) in [5.41, 5.74) is 2.79. The Labute approximate surface area is 207 Å². The Hall–Kier alpha value is -3.23. The van der Waals surface area contributed by atoms with Crippen molar-refractivity contribution in [2.75, 3.05) is 27.2 Å². The van der Waals surface area contributed by atoms with Crippen LogP contribution >= 0.6 is 15.9 Å². The van der Waals surface area contributed by atoms with Gasteiger partial charge in [0.2, 0.25) is 0 Å². The number of rotatable bonds is 7. The van der Waals surface area contributed by atoms with E-state index in [-0.39, 0.29) is 11.3 Å². The average molecular weight is 523 g/mol. The third kappa shape index (κ3) is 4.56. The van der Waals surface area contributed by atoms with E-state index in [1.165, 1.54) is 6.20 Å². The molecule has 3 aromatic rings. The number of halogens is 1. The normalized spacial score (nSPS) is 17.7. The third-order valence-electron chi connectivity index (χ3n) is 5.97. The van der Waals surface area contributed by atoms with Crippen molar-refractivity contribution in [3.05, 3.63) is 87.7 Å². The van der Waals surface area contributed by atoms with Crippen LogP contribution in [0.15, 0.2) is 70.8 Å². The number of nitrogens with zero attached hydrogens (tertiary/aromatic N) is 4. The second-order valence-electron chi connectivity index (χ2n) is 8.60. The largest absolute Gasteiger partial charge is 0.507 e. The second-order valence-corrected chi connectivity index (χ2v) is 9.51. The molecule has 1 aliphatic heterocycles. The topological polar surface area (TPSA) is 78.7 Å². The summed E-state index contributed by atoms with van der Waals surface area (Å²) in [6.45, 7) is 3.01. The number of hydrogen-bond acceptors (Lipinski definition) is 5. The molecule has 34 heavy (non-hydrogen) atoms. The first-order chi connectivity index (χ1) is 16.3. The first kappa shape index (κ1) is 23.9. The van der Waals surface area contributed by atoms with Gasteiger partial charge in [0, 0.05) is 11.0 Å². The second kappa shape index (κ2) is 9.95. The van der Waals surface area contributed by atoms with Crippen molar-refractivity contribution in [2.45, 2.75) is 19.4 Å². The lowest BCUT2D eigenvalue weighted by Gasteiger charge is -2.26. The van der Waals surface area contributed by atoms with Gasteiger partial charge in [-0.1, -0.05) is 46.3 Å². The van der Waals surface area contributed by atoms with Crippen LogP contribution in [-0.4, -0.2) is 63.6 Å². The van der Waals surface area contributed by atoms with Gasteiger partial charge < -0.3 is 14.9 Å². The predicted octanol–water partition coefficient (Wildman–Crippen LogP) is 4.32. The highest BCUT2D eigenvalue weighted by Gasteiger charge is 2.46. The van der Waals surface area contributed by atoms with Crippen LogP contribution in [0, 0.1) is 6.92 Å². The fourth-order valence-electron chi connectivity index (χ4n) is 4.31. The zero-order chi connectivity index (χ0) is 24.4. The van der Waals surface area contributed by atoms with E-state index in [2.05, 4.69) is 21.0 Å². The summed E-state index contributed by atoms with van der Waals surface area (Å²) in [6.07, 6.45) is 2.24. The lowest BCUT2D eigenvalue weighted by Crippen LogP contribution is -2.32. The number of aromatic nitrogens is 2. The molecule has 0 unspecified atom stereocenters. The van der Waals surface area contributed by atoms with Crippen LogP contribution < -0.4 is 0 Å². The SMILES string of the molecule is Cc1c(C(O)=C2C(=O)C(=O)N(CCCN(C)C)[C@@H]2c2cccc(Br)c2)cnn1-c1ccccc1. The highest BCUT2D eigenvalue weighted by Crippen LogP contribution is 2.40. The molecule has 1 aliphatic rings. The lowest BCUT2D eigenvalue weighted by molar-refractivity contribution is -0.139. The van der Waals surface area contributed by atoms with Gasteiger partial charge in [0.15, 0.2) is 0 Å². The van der Waals surface area contributed by atoms with Crippen molar-refractivity contribution in [1.29, 1.82) is 0 Å². The van der Waals surface area contributed by atoms with Crippen LogP contribution in [0.5, 0.6) is 0 Å². The molecule has 1 N–H and O–H groups in total. The molecule has 0 radical (unpaired) electrons. The summed E-state index contributed by atoms with van der Waals surface area (Å²) in [5.74, 6) is -1.49. The van der Waals surface area contributed by atoms with Crippen LogP contribution in [0.1, 0.15) is 29.3 Å². The van der Waals surface area contributed by atoms with Gasteiger partial charge in [0.05, 0.1) is 34.8 Å². The van der Waals surface area contributed by atoms with E-state index in [9.17, 15) is 14.7 Å². The summed E-state index contributed by atoms with van der Waals surface area (Å²) < 4.78 is 2.54. The van der Waals surface area contributed by atoms with E-state index in [0.29, 0.717) is 24.2 Å². The van der Waals surface area contributed by atoms with E-state index in [0.717, 1.165) is 22.3 Å². The molecule has 2 heterocycles. The minimum atomic E-state index is -0.681. The number of benzene rings is 2. The molecule has 1 fully saturated rings. The molecule has 0 bridgehead atoms. The van der Waals surface area contributed by atoms with Gasteiger partial charge >= 0.3 is 0 Å². The molecular formula is C26H27BrN4O3. The fourth-order valence-corrected chi connectivity index (χ4v) is 4.72. The van der Waals surface area contributed by atoms with E-state index < -0.39 is 17.7 Å². The Morgan fingerprint density at radius 3 is 2.53 bits per heavy atom. The van der Waals surface area contributed by atoms with Crippen LogP contribution in [0.25, 0.3) is 11.4 Å². The number of aliphatic hydroxyl groups excluding tert-OH is 1. The van der Waals surface area contributed by atoms with Crippen molar-refractivity contribution in [1.82, 2.24) is 19.6 Å². The minimum absolute atomic E-state index is 0.0867. The molecule has 1 amide bonds. The van der Waals surface area contributed by atoms with E-state index in [1.54, 1.807) is 9.58 Å². The number of amides is 1. The van der Waals surface area contributed by atoms with Crippen molar-refractivity contribution in [2.24, 2.45) is 0 Å². The minimum Gasteiger partial charge on any atom is -0.507 e. The first-order valence-electron chi connectivity index (χ1n) is 11.1. The van der Waals surface area contributed by atoms with Crippen molar-refractivity contribution in [3.8, 4) is 5.69 Å². The van der Waals surface area contributed by atoms with Crippen LogP contribution in [0.4, 0.5) is 0 Å². The standard InChI is InChI=1S/C26H27BrN4O3/c1-17-21(16-28-31(17)20-11-5-4-6-12-20)24(32)22-23(18-9-7-10-19(27)15-18)30(26(34)25(22)33)14-8-13-29(2)3/h4-7,9-12,15-16,23,32H,8,13-14H2,1-3H3/t23-/m1/s1. The maximum absolute atomic E-state index is 13.2. The molecule has 0 spiro atoms. The van der Waals surface area contributed by atoms with Crippen molar-refractivity contribution < 1.29 is 14.7 Å². The number of para-hydroxylation sites is 1. The first-order valence-corrected chi connectivity index (χ1v) is 11.9. The highest BCUT2D eigenvalue weighted by molar-refractivity contribution is 9.10. The number of aliphatic hydroxyl groups is 1. The van der Waals surface area contributed by atoms with Gasteiger partial charge in [-0.2, -0.15) is 5.10 Å². The Morgan fingerprint density at radius 1 is 1.12 bits per heavy atom. The van der Waals surface area contributed by atoms with Crippen LogP contribution in [-0.2, 0) is 9.59 Å². The van der Waals surface area contributed by atoms with Gasteiger partial charge in [-0.15, -0.1) is 0 Å². The van der Waals surface area contributed by atoms with E-state index >= 15 is 0 Å². The molecule has 7 nitrogen and oxygen atoms in total. The predicted molar refractivity (Wildman–Crippen MR) is 135 cm³/mol. The number of ketones is 1. The van der Waals surface area contributed by atoms with Crippen molar-refractivity contribution in [3.63, 3.8) is 0 Å². The lowest BCUT2D eigenvalue weighted by atomic mass is 9.95. The van der Waals surface area contributed by atoms with Gasteiger partial charge in [-0.3, -0.25) is 9.59 Å². The van der Waals surface area contributed by atoms with Gasteiger partial charge in [-0.25, -0.2) is 4.68 Å². The summed E-state index contributed by atoms with van der Waals surface area (Å²) in [4.78, 5) is 29.9. The number of carbonyl (C=O) groups is 2. The molecule has 176 valence electrons. The number of carbonyl (C=O) groups excluding carboxylic acids is 2.